The summed E-state index contributed by atoms with van der Waals surface area (Å²) < 4.78 is 18.6. The van der Waals surface area contributed by atoms with Crippen molar-refractivity contribution in [1.82, 2.24) is 5.32 Å². The van der Waals surface area contributed by atoms with E-state index in [0.717, 1.165) is 19.3 Å². The van der Waals surface area contributed by atoms with E-state index in [1.165, 1.54) is 13.2 Å². The highest BCUT2D eigenvalue weighted by Gasteiger charge is 2.44. The Hall–Kier alpha value is -1.86. The molecule has 0 spiro atoms. The van der Waals surface area contributed by atoms with Crippen molar-refractivity contribution in [3.05, 3.63) is 35.1 Å². The second-order valence-electron chi connectivity index (χ2n) is 4.73. The summed E-state index contributed by atoms with van der Waals surface area (Å²) in [5.41, 5.74) is 0.355. The van der Waals surface area contributed by atoms with Crippen molar-refractivity contribution in [3.8, 4) is 12.3 Å². The van der Waals surface area contributed by atoms with Crippen LogP contribution >= 0.6 is 0 Å². The standard InChI is InChI=1S/C15H16FNO2/c1-3-11-5-6-12(13(16)9-11)10-17-15(7-4-8-15)14(18)19-2/h1,5-6,9,17H,4,7-8,10H2,2H3. The highest BCUT2D eigenvalue weighted by atomic mass is 19.1. The lowest BCUT2D eigenvalue weighted by Gasteiger charge is -2.39. The number of halogens is 1. The van der Waals surface area contributed by atoms with Gasteiger partial charge in [-0.05, 0) is 31.4 Å². The number of rotatable bonds is 4. The second kappa shape index (κ2) is 5.41. The maximum Gasteiger partial charge on any atom is 0.326 e. The van der Waals surface area contributed by atoms with Gasteiger partial charge < -0.3 is 4.74 Å². The maximum atomic E-state index is 13.8. The molecule has 0 aromatic heterocycles. The van der Waals surface area contributed by atoms with E-state index in [-0.39, 0.29) is 18.3 Å². The molecule has 0 aliphatic heterocycles. The van der Waals surface area contributed by atoms with Crippen molar-refractivity contribution in [2.24, 2.45) is 0 Å². The zero-order valence-electron chi connectivity index (χ0n) is 10.8. The molecular formula is C15H16FNO2. The molecule has 0 bridgehead atoms. The number of benzene rings is 1. The number of ether oxygens (including phenoxy) is 1. The lowest BCUT2D eigenvalue weighted by Crippen LogP contribution is -2.57. The molecule has 100 valence electrons. The molecule has 2 rings (SSSR count). The van der Waals surface area contributed by atoms with Crippen LogP contribution in [0.5, 0.6) is 0 Å². The van der Waals surface area contributed by atoms with E-state index in [0.29, 0.717) is 11.1 Å². The maximum absolute atomic E-state index is 13.8. The van der Waals surface area contributed by atoms with Gasteiger partial charge in [0.05, 0.1) is 7.11 Å². The number of nitrogens with one attached hydrogen (secondary N) is 1. The Morgan fingerprint density at radius 3 is 2.79 bits per heavy atom. The molecule has 0 atom stereocenters. The van der Waals surface area contributed by atoms with Crippen molar-refractivity contribution in [2.45, 2.75) is 31.3 Å². The highest BCUT2D eigenvalue weighted by Crippen LogP contribution is 2.33. The number of carbonyl (C=O) groups is 1. The summed E-state index contributed by atoms with van der Waals surface area (Å²) in [6.07, 6.45) is 7.63. The summed E-state index contributed by atoms with van der Waals surface area (Å²) in [4.78, 5) is 11.7. The van der Waals surface area contributed by atoms with E-state index in [9.17, 15) is 9.18 Å². The molecule has 4 heteroatoms. The molecular weight excluding hydrogens is 245 g/mol. The van der Waals surface area contributed by atoms with Gasteiger partial charge in [-0.1, -0.05) is 12.0 Å². The van der Waals surface area contributed by atoms with Crippen LogP contribution in [0.3, 0.4) is 0 Å². The largest absolute Gasteiger partial charge is 0.468 e. The molecule has 1 aliphatic carbocycles. The molecule has 1 aromatic carbocycles. The van der Waals surface area contributed by atoms with Crippen LogP contribution in [-0.2, 0) is 16.1 Å². The third-order valence-electron chi connectivity index (χ3n) is 3.62. The molecule has 1 fully saturated rings. The Labute approximate surface area is 112 Å². The van der Waals surface area contributed by atoms with E-state index < -0.39 is 5.54 Å². The fourth-order valence-corrected chi connectivity index (χ4v) is 2.22. The van der Waals surface area contributed by atoms with E-state index >= 15 is 0 Å². The van der Waals surface area contributed by atoms with Crippen LogP contribution in [0.25, 0.3) is 0 Å². The minimum Gasteiger partial charge on any atom is -0.468 e. The van der Waals surface area contributed by atoms with Crippen LogP contribution in [0.1, 0.15) is 30.4 Å². The SMILES string of the molecule is C#Cc1ccc(CNC2(C(=O)OC)CCC2)c(F)c1. The molecule has 0 saturated heterocycles. The molecule has 1 aliphatic rings. The predicted molar refractivity (Wildman–Crippen MR) is 69.8 cm³/mol. The van der Waals surface area contributed by atoms with Crippen LogP contribution in [-0.4, -0.2) is 18.6 Å². The van der Waals surface area contributed by atoms with Gasteiger partial charge in [0, 0.05) is 17.7 Å². The number of terminal acetylenes is 1. The molecule has 0 unspecified atom stereocenters. The summed E-state index contributed by atoms with van der Waals surface area (Å²) in [6, 6.07) is 4.65. The molecule has 19 heavy (non-hydrogen) atoms. The van der Waals surface area contributed by atoms with Crippen molar-refractivity contribution >= 4 is 5.97 Å². The Morgan fingerprint density at radius 2 is 2.32 bits per heavy atom. The average molecular weight is 261 g/mol. The third kappa shape index (κ3) is 2.61. The summed E-state index contributed by atoms with van der Waals surface area (Å²) in [5, 5.41) is 3.11. The fourth-order valence-electron chi connectivity index (χ4n) is 2.22. The van der Waals surface area contributed by atoms with Crippen LogP contribution in [0.4, 0.5) is 4.39 Å². The number of carbonyl (C=O) groups excluding carboxylic acids is 1. The minimum atomic E-state index is -0.647. The van der Waals surface area contributed by atoms with Crippen molar-refractivity contribution in [1.29, 1.82) is 0 Å². The van der Waals surface area contributed by atoms with E-state index in [1.54, 1.807) is 12.1 Å². The lowest BCUT2D eigenvalue weighted by molar-refractivity contribution is -0.152. The van der Waals surface area contributed by atoms with Crippen LogP contribution < -0.4 is 5.32 Å². The Kier molecular flexibility index (Phi) is 3.87. The Bertz CT molecular complexity index is 529. The number of hydrogen-bond donors (Lipinski definition) is 1. The first-order valence-electron chi connectivity index (χ1n) is 6.20. The summed E-state index contributed by atoms with van der Waals surface area (Å²) >= 11 is 0. The molecule has 1 N–H and O–H groups in total. The molecule has 3 nitrogen and oxygen atoms in total. The number of esters is 1. The van der Waals surface area contributed by atoms with Gasteiger partial charge in [0.2, 0.25) is 0 Å². The van der Waals surface area contributed by atoms with Crippen LogP contribution in [0.15, 0.2) is 18.2 Å². The van der Waals surface area contributed by atoms with Crippen molar-refractivity contribution in [3.63, 3.8) is 0 Å². The summed E-state index contributed by atoms with van der Waals surface area (Å²) in [7, 11) is 1.37. The first kappa shape index (κ1) is 13.6. The van der Waals surface area contributed by atoms with E-state index in [2.05, 4.69) is 11.2 Å². The predicted octanol–water partition coefficient (Wildman–Crippen LogP) is 1.99. The molecule has 0 radical (unpaired) electrons. The average Bonchev–Trinajstić information content (AvgIpc) is 2.38. The number of methoxy groups -OCH3 is 1. The topological polar surface area (TPSA) is 38.3 Å². The lowest BCUT2D eigenvalue weighted by atomic mass is 9.76. The van der Waals surface area contributed by atoms with Gasteiger partial charge in [-0.2, -0.15) is 0 Å². The Balaban J connectivity index is 2.06. The van der Waals surface area contributed by atoms with Gasteiger partial charge in [-0.3, -0.25) is 10.1 Å². The quantitative estimate of drug-likeness (QED) is 0.665. The summed E-state index contributed by atoms with van der Waals surface area (Å²) in [5.74, 6) is 1.75. The first-order chi connectivity index (χ1) is 9.11. The second-order valence-corrected chi connectivity index (χ2v) is 4.73. The zero-order valence-corrected chi connectivity index (χ0v) is 10.8. The molecule has 1 saturated carbocycles. The van der Waals surface area contributed by atoms with E-state index in [4.69, 9.17) is 11.2 Å². The summed E-state index contributed by atoms with van der Waals surface area (Å²) in [6.45, 7) is 0.284. The van der Waals surface area contributed by atoms with Gasteiger partial charge in [-0.15, -0.1) is 6.42 Å². The van der Waals surface area contributed by atoms with E-state index in [1.807, 2.05) is 0 Å². The third-order valence-corrected chi connectivity index (χ3v) is 3.62. The zero-order chi connectivity index (χ0) is 13.9. The van der Waals surface area contributed by atoms with Gasteiger partial charge >= 0.3 is 5.97 Å². The molecule has 1 aromatic rings. The van der Waals surface area contributed by atoms with Gasteiger partial charge in [0.1, 0.15) is 11.4 Å². The van der Waals surface area contributed by atoms with Gasteiger partial charge in [-0.25, -0.2) is 4.39 Å². The first-order valence-corrected chi connectivity index (χ1v) is 6.20. The van der Waals surface area contributed by atoms with Crippen molar-refractivity contribution in [2.75, 3.05) is 7.11 Å². The highest BCUT2D eigenvalue weighted by molar-refractivity contribution is 5.81. The smallest absolute Gasteiger partial charge is 0.326 e. The fraction of sp³-hybridized carbons (Fsp3) is 0.400. The minimum absolute atomic E-state index is 0.278. The van der Waals surface area contributed by atoms with Crippen molar-refractivity contribution < 1.29 is 13.9 Å². The van der Waals surface area contributed by atoms with Crippen LogP contribution in [0.2, 0.25) is 0 Å². The van der Waals surface area contributed by atoms with Gasteiger partial charge in [0.25, 0.3) is 0 Å². The molecule has 0 heterocycles. The number of hydrogen-bond acceptors (Lipinski definition) is 3. The Morgan fingerprint density at radius 1 is 1.58 bits per heavy atom. The normalized spacial score (nSPS) is 16.3. The molecule has 0 amide bonds. The van der Waals surface area contributed by atoms with Gasteiger partial charge in [0.15, 0.2) is 0 Å². The van der Waals surface area contributed by atoms with Crippen LogP contribution in [0, 0.1) is 18.2 Å². The monoisotopic (exact) mass is 261 g/mol.